The predicted octanol–water partition coefficient (Wildman–Crippen LogP) is 0.373. The van der Waals surface area contributed by atoms with Gasteiger partial charge in [0.25, 0.3) is 0 Å². The summed E-state index contributed by atoms with van der Waals surface area (Å²) in [6.07, 6.45) is -0.820. The zero-order chi connectivity index (χ0) is 12.0. The molecule has 0 radical (unpaired) electrons. The van der Waals surface area contributed by atoms with Crippen LogP contribution in [0.4, 0.5) is 0 Å². The number of carboxylic acids is 1. The minimum absolute atomic E-state index is 0.259. The fourth-order valence-corrected chi connectivity index (χ4v) is 1.40. The molecule has 0 rings (SSSR count). The van der Waals surface area contributed by atoms with Crippen LogP contribution in [-0.2, 0) is 9.59 Å². The standard InChI is InChI=1S/C10H19NO4/c1-6(2)4-8(11-7(3)12)9(13)5-10(14)15/h6,8-9,13H,4-5H2,1-3H3,(H,11,12)(H,14,15)/t8-,9-/m0/s1. The molecule has 0 heterocycles. The van der Waals surface area contributed by atoms with Gasteiger partial charge in [-0.25, -0.2) is 0 Å². The van der Waals surface area contributed by atoms with Crippen LogP contribution >= 0.6 is 0 Å². The Morgan fingerprint density at radius 3 is 2.20 bits per heavy atom. The van der Waals surface area contributed by atoms with Gasteiger partial charge >= 0.3 is 5.97 Å². The van der Waals surface area contributed by atoms with Gasteiger partial charge in [0, 0.05) is 6.92 Å². The number of carbonyl (C=O) groups excluding carboxylic acids is 1. The second-order valence-electron chi connectivity index (χ2n) is 4.10. The molecule has 0 aromatic rings. The van der Waals surface area contributed by atoms with Crippen molar-refractivity contribution in [2.24, 2.45) is 5.92 Å². The van der Waals surface area contributed by atoms with Gasteiger partial charge in [0.15, 0.2) is 0 Å². The number of amides is 1. The molecule has 0 saturated carbocycles. The van der Waals surface area contributed by atoms with E-state index in [0.29, 0.717) is 6.42 Å². The monoisotopic (exact) mass is 217 g/mol. The van der Waals surface area contributed by atoms with Gasteiger partial charge in [0.1, 0.15) is 0 Å². The maximum atomic E-state index is 10.9. The summed E-state index contributed by atoms with van der Waals surface area (Å²) in [6, 6.07) is -0.487. The molecule has 0 aromatic heterocycles. The third kappa shape index (κ3) is 6.90. The molecule has 2 atom stereocenters. The number of nitrogens with one attached hydrogen (secondary N) is 1. The number of carboxylic acid groups (broad SMARTS) is 1. The highest BCUT2D eigenvalue weighted by Crippen LogP contribution is 2.10. The van der Waals surface area contributed by atoms with Crippen LogP contribution in [0.1, 0.15) is 33.6 Å². The summed E-state index contributed by atoms with van der Waals surface area (Å²) < 4.78 is 0. The van der Waals surface area contributed by atoms with Crippen LogP contribution < -0.4 is 5.32 Å². The smallest absolute Gasteiger partial charge is 0.306 e. The van der Waals surface area contributed by atoms with Crippen molar-refractivity contribution in [1.29, 1.82) is 0 Å². The number of rotatable bonds is 6. The first-order valence-electron chi connectivity index (χ1n) is 5.00. The van der Waals surface area contributed by atoms with E-state index in [1.807, 2.05) is 13.8 Å². The van der Waals surface area contributed by atoms with Crippen LogP contribution in [0.5, 0.6) is 0 Å². The summed E-state index contributed by atoms with van der Waals surface area (Å²) in [5.74, 6) is -1.04. The number of hydrogen-bond donors (Lipinski definition) is 3. The van der Waals surface area contributed by atoms with E-state index in [-0.39, 0.29) is 18.2 Å². The highest BCUT2D eigenvalue weighted by atomic mass is 16.4. The lowest BCUT2D eigenvalue weighted by Crippen LogP contribution is -2.44. The van der Waals surface area contributed by atoms with Gasteiger partial charge in [-0.15, -0.1) is 0 Å². The molecule has 0 fully saturated rings. The Morgan fingerprint density at radius 2 is 1.87 bits per heavy atom. The first-order valence-corrected chi connectivity index (χ1v) is 5.00. The van der Waals surface area contributed by atoms with E-state index < -0.39 is 18.1 Å². The molecule has 0 unspecified atom stereocenters. The third-order valence-electron chi connectivity index (χ3n) is 1.96. The summed E-state index contributed by atoms with van der Waals surface area (Å²) >= 11 is 0. The maximum Gasteiger partial charge on any atom is 0.306 e. The van der Waals surface area contributed by atoms with E-state index in [9.17, 15) is 14.7 Å². The molecule has 0 aliphatic carbocycles. The molecule has 5 heteroatoms. The van der Waals surface area contributed by atoms with Crippen LogP contribution in [0.15, 0.2) is 0 Å². The SMILES string of the molecule is CC(=O)N[C@@H](CC(C)C)[C@@H](O)CC(=O)O. The Morgan fingerprint density at radius 1 is 1.33 bits per heavy atom. The van der Waals surface area contributed by atoms with Gasteiger partial charge in [-0.05, 0) is 12.3 Å². The average Bonchev–Trinajstić information content (AvgIpc) is 1.99. The summed E-state index contributed by atoms with van der Waals surface area (Å²) in [5.41, 5.74) is 0. The van der Waals surface area contributed by atoms with Gasteiger partial charge < -0.3 is 15.5 Å². The Kier molecular flexibility index (Phi) is 5.93. The predicted molar refractivity (Wildman–Crippen MR) is 55.3 cm³/mol. The van der Waals surface area contributed by atoms with E-state index in [0.717, 1.165) is 0 Å². The fraction of sp³-hybridized carbons (Fsp3) is 0.800. The van der Waals surface area contributed by atoms with Crippen molar-refractivity contribution in [3.8, 4) is 0 Å². The zero-order valence-corrected chi connectivity index (χ0v) is 9.36. The lowest BCUT2D eigenvalue weighted by Gasteiger charge is -2.24. The molecule has 0 aliphatic heterocycles. The van der Waals surface area contributed by atoms with E-state index in [4.69, 9.17) is 5.11 Å². The van der Waals surface area contributed by atoms with Crippen molar-refractivity contribution in [3.05, 3.63) is 0 Å². The number of aliphatic carboxylic acids is 1. The highest BCUT2D eigenvalue weighted by Gasteiger charge is 2.23. The van der Waals surface area contributed by atoms with E-state index in [1.165, 1.54) is 6.92 Å². The molecule has 5 nitrogen and oxygen atoms in total. The summed E-state index contributed by atoms with van der Waals surface area (Å²) in [5, 5.41) is 20.7. The maximum absolute atomic E-state index is 10.9. The van der Waals surface area contributed by atoms with Gasteiger partial charge in [-0.3, -0.25) is 9.59 Å². The summed E-state index contributed by atoms with van der Waals surface area (Å²) in [6.45, 7) is 5.24. The van der Waals surface area contributed by atoms with Gasteiger partial charge in [0.2, 0.25) is 5.91 Å². The first kappa shape index (κ1) is 13.9. The lowest BCUT2D eigenvalue weighted by molar-refractivity contribution is -0.140. The number of hydrogen-bond acceptors (Lipinski definition) is 3. The Bertz CT molecular complexity index is 227. The molecule has 15 heavy (non-hydrogen) atoms. The number of aliphatic hydroxyl groups excluding tert-OH is 1. The second-order valence-corrected chi connectivity index (χ2v) is 4.10. The van der Waals surface area contributed by atoms with E-state index in [2.05, 4.69) is 5.32 Å². The topological polar surface area (TPSA) is 86.6 Å². The Hall–Kier alpha value is -1.10. The van der Waals surface area contributed by atoms with Crippen molar-refractivity contribution in [2.45, 2.75) is 45.8 Å². The molecule has 0 aliphatic rings. The van der Waals surface area contributed by atoms with E-state index in [1.54, 1.807) is 0 Å². The average molecular weight is 217 g/mol. The van der Waals surface area contributed by atoms with Crippen molar-refractivity contribution in [2.75, 3.05) is 0 Å². The van der Waals surface area contributed by atoms with Crippen LogP contribution in [0.2, 0.25) is 0 Å². The van der Waals surface area contributed by atoms with Crippen molar-refractivity contribution >= 4 is 11.9 Å². The number of carbonyl (C=O) groups is 2. The molecule has 88 valence electrons. The molecule has 0 bridgehead atoms. The van der Waals surface area contributed by atoms with Crippen LogP contribution in [0, 0.1) is 5.92 Å². The summed E-state index contributed by atoms with van der Waals surface area (Å²) in [4.78, 5) is 21.3. The first-order chi connectivity index (χ1) is 6.82. The minimum Gasteiger partial charge on any atom is -0.481 e. The second kappa shape index (κ2) is 6.40. The zero-order valence-electron chi connectivity index (χ0n) is 9.36. The van der Waals surface area contributed by atoms with Crippen LogP contribution in [0.25, 0.3) is 0 Å². The molecule has 3 N–H and O–H groups in total. The molecule has 0 aromatic carbocycles. The minimum atomic E-state index is -1.07. The number of aliphatic hydroxyl groups is 1. The Labute approximate surface area is 89.5 Å². The molecular weight excluding hydrogens is 198 g/mol. The van der Waals surface area contributed by atoms with Crippen molar-refractivity contribution < 1.29 is 19.8 Å². The van der Waals surface area contributed by atoms with Crippen molar-refractivity contribution in [1.82, 2.24) is 5.32 Å². The fourth-order valence-electron chi connectivity index (χ4n) is 1.40. The largest absolute Gasteiger partial charge is 0.481 e. The van der Waals surface area contributed by atoms with Gasteiger partial charge in [-0.1, -0.05) is 13.8 Å². The highest BCUT2D eigenvalue weighted by molar-refractivity contribution is 5.73. The lowest BCUT2D eigenvalue weighted by atomic mass is 9.97. The normalized spacial score (nSPS) is 14.7. The van der Waals surface area contributed by atoms with E-state index >= 15 is 0 Å². The third-order valence-corrected chi connectivity index (χ3v) is 1.96. The molecule has 0 saturated heterocycles. The quantitative estimate of drug-likeness (QED) is 0.600. The van der Waals surface area contributed by atoms with Gasteiger partial charge in [-0.2, -0.15) is 0 Å². The molecular formula is C10H19NO4. The molecule has 0 spiro atoms. The Balaban J connectivity index is 4.32. The van der Waals surface area contributed by atoms with Crippen LogP contribution in [-0.4, -0.2) is 34.2 Å². The molecule has 1 amide bonds. The van der Waals surface area contributed by atoms with Gasteiger partial charge in [0.05, 0.1) is 18.6 Å². The van der Waals surface area contributed by atoms with Crippen LogP contribution in [0.3, 0.4) is 0 Å². The van der Waals surface area contributed by atoms with Crippen molar-refractivity contribution in [3.63, 3.8) is 0 Å². The summed E-state index contributed by atoms with van der Waals surface area (Å²) in [7, 11) is 0.